The molecule has 0 unspecified atom stereocenters. The van der Waals surface area contributed by atoms with Crippen LogP contribution in [0.1, 0.15) is 19.0 Å². The summed E-state index contributed by atoms with van der Waals surface area (Å²) in [6.45, 7) is 2.25. The van der Waals surface area contributed by atoms with Crippen molar-refractivity contribution in [2.24, 2.45) is 0 Å². The molecule has 0 bridgehead atoms. The molecular formula is C10H10F3N3. The molecule has 6 heteroatoms. The number of aromatic nitrogens is 2. The molecule has 86 valence electrons. The Morgan fingerprint density at radius 1 is 1.31 bits per heavy atom. The van der Waals surface area contributed by atoms with E-state index in [2.05, 4.69) is 27.4 Å². The largest absolute Gasteiger partial charge is 0.435 e. The number of hydrogen-bond donors (Lipinski definition) is 1. The molecule has 1 aromatic rings. The number of nitrogens with one attached hydrogen (secondary N) is 1. The molecule has 0 fully saturated rings. The van der Waals surface area contributed by atoms with E-state index >= 15 is 0 Å². The van der Waals surface area contributed by atoms with E-state index in [1.165, 1.54) is 6.07 Å². The van der Waals surface area contributed by atoms with Crippen molar-refractivity contribution in [3.8, 4) is 11.8 Å². The van der Waals surface area contributed by atoms with Gasteiger partial charge < -0.3 is 5.32 Å². The quantitative estimate of drug-likeness (QED) is 0.638. The lowest BCUT2D eigenvalue weighted by Gasteiger charge is -2.06. The standard InChI is InChI=1S/C10H10F3N3/c1-2-3-4-7-14-9-6-5-8(15-16-9)10(11,12)13/h5-6H,4,7H2,1H3,(H,14,16). The molecule has 0 spiro atoms. The van der Waals surface area contributed by atoms with Crippen molar-refractivity contribution in [3.63, 3.8) is 0 Å². The topological polar surface area (TPSA) is 37.8 Å². The first-order chi connectivity index (χ1) is 7.54. The predicted octanol–water partition coefficient (Wildman–Crippen LogP) is 2.32. The van der Waals surface area contributed by atoms with Crippen molar-refractivity contribution in [3.05, 3.63) is 17.8 Å². The first-order valence-electron chi connectivity index (χ1n) is 4.58. The number of nitrogens with zero attached hydrogens (tertiary/aromatic N) is 2. The maximum atomic E-state index is 12.1. The molecule has 0 amide bonds. The van der Waals surface area contributed by atoms with Crippen LogP contribution in [0.2, 0.25) is 0 Å². The molecule has 0 saturated carbocycles. The Morgan fingerprint density at radius 3 is 2.56 bits per heavy atom. The average molecular weight is 229 g/mol. The predicted molar refractivity (Wildman–Crippen MR) is 53.6 cm³/mol. The maximum Gasteiger partial charge on any atom is 0.435 e. The van der Waals surface area contributed by atoms with Crippen LogP contribution in [-0.2, 0) is 6.18 Å². The van der Waals surface area contributed by atoms with Crippen molar-refractivity contribution < 1.29 is 13.2 Å². The fourth-order valence-electron chi connectivity index (χ4n) is 0.956. The second kappa shape index (κ2) is 5.35. The average Bonchev–Trinajstić information content (AvgIpc) is 2.24. The zero-order valence-corrected chi connectivity index (χ0v) is 8.60. The van der Waals surface area contributed by atoms with Gasteiger partial charge in [-0.2, -0.15) is 13.2 Å². The van der Waals surface area contributed by atoms with Gasteiger partial charge in [0.1, 0.15) is 5.82 Å². The number of rotatable bonds is 3. The van der Waals surface area contributed by atoms with Gasteiger partial charge in [0, 0.05) is 13.0 Å². The zero-order valence-electron chi connectivity index (χ0n) is 8.60. The van der Waals surface area contributed by atoms with Gasteiger partial charge in [0.25, 0.3) is 0 Å². The Morgan fingerprint density at radius 2 is 2.06 bits per heavy atom. The highest BCUT2D eigenvalue weighted by atomic mass is 19.4. The van der Waals surface area contributed by atoms with Gasteiger partial charge in [-0.15, -0.1) is 22.0 Å². The van der Waals surface area contributed by atoms with E-state index in [0.29, 0.717) is 18.8 Å². The van der Waals surface area contributed by atoms with E-state index in [4.69, 9.17) is 0 Å². The molecule has 1 aromatic heterocycles. The third kappa shape index (κ3) is 3.77. The lowest BCUT2D eigenvalue weighted by Crippen LogP contribution is -2.10. The monoisotopic (exact) mass is 229 g/mol. The van der Waals surface area contributed by atoms with Gasteiger partial charge in [-0.3, -0.25) is 0 Å². The lowest BCUT2D eigenvalue weighted by atomic mass is 10.3. The molecule has 16 heavy (non-hydrogen) atoms. The minimum atomic E-state index is -4.45. The molecule has 3 nitrogen and oxygen atoms in total. The number of anilines is 1. The van der Waals surface area contributed by atoms with E-state index in [9.17, 15) is 13.2 Å². The summed E-state index contributed by atoms with van der Waals surface area (Å²) in [5.74, 6) is 5.83. The Balaban J connectivity index is 2.54. The molecule has 0 atom stereocenters. The Hall–Kier alpha value is -1.77. The number of hydrogen-bond acceptors (Lipinski definition) is 3. The van der Waals surface area contributed by atoms with Gasteiger partial charge in [0.2, 0.25) is 0 Å². The van der Waals surface area contributed by atoms with Crippen LogP contribution in [0.3, 0.4) is 0 Å². The third-order valence-corrected chi connectivity index (χ3v) is 1.69. The Kier molecular flexibility index (Phi) is 4.11. The Labute approximate surface area is 91.1 Å². The van der Waals surface area contributed by atoms with E-state index in [-0.39, 0.29) is 0 Å². The third-order valence-electron chi connectivity index (χ3n) is 1.69. The fourth-order valence-corrected chi connectivity index (χ4v) is 0.956. The van der Waals surface area contributed by atoms with Crippen LogP contribution < -0.4 is 5.32 Å². The van der Waals surface area contributed by atoms with Gasteiger partial charge in [-0.1, -0.05) is 0 Å². The highest BCUT2D eigenvalue weighted by Crippen LogP contribution is 2.26. The van der Waals surface area contributed by atoms with Crippen LogP contribution in [0.25, 0.3) is 0 Å². The Bertz CT molecular complexity index is 387. The summed E-state index contributed by atoms with van der Waals surface area (Å²) in [7, 11) is 0. The van der Waals surface area contributed by atoms with Crippen molar-refractivity contribution in [2.75, 3.05) is 11.9 Å². The van der Waals surface area contributed by atoms with E-state index < -0.39 is 11.9 Å². The number of halogens is 3. The highest BCUT2D eigenvalue weighted by Gasteiger charge is 2.32. The molecule has 1 N–H and O–H groups in total. The molecule has 0 aliphatic carbocycles. The van der Waals surface area contributed by atoms with Crippen LogP contribution in [0, 0.1) is 11.8 Å². The van der Waals surface area contributed by atoms with Gasteiger partial charge in [0.15, 0.2) is 5.69 Å². The summed E-state index contributed by atoms with van der Waals surface area (Å²) in [6, 6.07) is 2.13. The molecule has 1 rings (SSSR count). The van der Waals surface area contributed by atoms with Crippen molar-refractivity contribution in [2.45, 2.75) is 19.5 Å². The molecular weight excluding hydrogens is 219 g/mol. The summed E-state index contributed by atoms with van der Waals surface area (Å²) in [5, 5.41) is 9.30. The van der Waals surface area contributed by atoms with Crippen molar-refractivity contribution in [1.82, 2.24) is 10.2 Å². The van der Waals surface area contributed by atoms with Crippen molar-refractivity contribution >= 4 is 5.82 Å². The minimum Gasteiger partial charge on any atom is -0.368 e. The first kappa shape index (κ1) is 12.3. The van der Waals surface area contributed by atoms with Crippen LogP contribution in [-0.4, -0.2) is 16.7 Å². The zero-order chi connectivity index (χ0) is 12.0. The fraction of sp³-hybridized carbons (Fsp3) is 0.400. The van der Waals surface area contributed by atoms with Gasteiger partial charge >= 0.3 is 6.18 Å². The van der Waals surface area contributed by atoms with E-state index in [1.54, 1.807) is 6.92 Å². The van der Waals surface area contributed by atoms with Gasteiger partial charge in [0.05, 0.1) is 0 Å². The summed E-state index contributed by atoms with van der Waals surface area (Å²) < 4.78 is 36.4. The van der Waals surface area contributed by atoms with Crippen molar-refractivity contribution in [1.29, 1.82) is 0 Å². The minimum absolute atomic E-state index is 0.311. The lowest BCUT2D eigenvalue weighted by molar-refractivity contribution is -0.141. The molecule has 1 heterocycles. The van der Waals surface area contributed by atoms with Crippen LogP contribution in [0.5, 0.6) is 0 Å². The van der Waals surface area contributed by atoms with Crippen LogP contribution >= 0.6 is 0 Å². The summed E-state index contributed by atoms with van der Waals surface area (Å²) in [5.41, 5.74) is -0.994. The molecule has 0 aliphatic rings. The normalized spacial score (nSPS) is 10.5. The molecule has 0 aliphatic heterocycles. The summed E-state index contributed by atoms with van der Waals surface area (Å²) in [4.78, 5) is 0. The van der Waals surface area contributed by atoms with Crippen LogP contribution in [0.15, 0.2) is 12.1 Å². The molecule has 0 saturated heterocycles. The second-order valence-electron chi connectivity index (χ2n) is 2.91. The number of alkyl halides is 3. The summed E-state index contributed by atoms with van der Waals surface area (Å²) >= 11 is 0. The second-order valence-corrected chi connectivity index (χ2v) is 2.91. The summed E-state index contributed by atoms with van der Waals surface area (Å²) in [6.07, 6.45) is -3.83. The SMILES string of the molecule is CC#CCCNc1ccc(C(F)(F)F)nn1. The van der Waals surface area contributed by atoms with Gasteiger partial charge in [-0.05, 0) is 19.1 Å². The molecule has 0 radical (unpaired) electrons. The van der Waals surface area contributed by atoms with E-state index in [0.717, 1.165) is 6.07 Å². The maximum absolute atomic E-state index is 12.1. The van der Waals surface area contributed by atoms with Gasteiger partial charge in [-0.25, -0.2) is 0 Å². The highest BCUT2D eigenvalue weighted by molar-refractivity contribution is 5.33. The smallest absolute Gasteiger partial charge is 0.368 e. The first-order valence-corrected chi connectivity index (χ1v) is 4.58. The van der Waals surface area contributed by atoms with Crippen LogP contribution in [0.4, 0.5) is 19.0 Å². The van der Waals surface area contributed by atoms with E-state index in [1.807, 2.05) is 0 Å². The molecule has 0 aromatic carbocycles.